The van der Waals surface area contributed by atoms with Crippen molar-refractivity contribution in [1.82, 2.24) is 0 Å². The largest absolute Gasteiger partial charge is 0.481 e. The standard InChI is InChI=1S/C15H20N2O2/c1-10(2)7-13(15(18)19)9-17-14-11(3)5-4-6-12(14)8-16/h4-6,10,13,17H,7,9H2,1-3H3,(H,18,19). The van der Waals surface area contributed by atoms with Crippen molar-refractivity contribution in [3.63, 3.8) is 0 Å². The maximum atomic E-state index is 11.2. The van der Waals surface area contributed by atoms with Crippen molar-refractivity contribution in [3.8, 4) is 6.07 Å². The number of nitriles is 1. The zero-order valence-corrected chi connectivity index (χ0v) is 11.6. The third-order valence-electron chi connectivity index (χ3n) is 3.02. The molecule has 0 aliphatic heterocycles. The monoisotopic (exact) mass is 260 g/mol. The van der Waals surface area contributed by atoms with Gasteiger partial charge in [-0.3, -0.25) is 4.79 Å². The number of benzene rings is 1. The summed E-state index contributed by atoms with van der Waals surface area (Å²) in [7, 11) is 0. The maximum absolute atomic E-state index is 11.2. The Balaban J connectivity index is 2.80. The van der Waals surface area contributed by atoms with Crippen LogP contribution >= 0.6 is 0 Å². The molecule has 4 nitrogen and oxygen atoms in total. The summed E-state index contributed by atoms with van der Waals surface area (Å²) in [5.74, 6) is -0.908. The molecule has 2 N–H and O–H groups in total. The van der Waals surface area contributed by atoms with Gasteiger partial charge in [-0.1, -0.05) is 26.0 Å². The van der Waals surface area contributed by atoms with Crippen molar-refractivity contribution in [2.45, 2.75) is 27.2 Å². The number of nitrogens with zero attached hydrogens (tertiary/aromatic N) is 1. The Labute approximate surface area is 114 Å². The van der Waals surface area contributed by atoms with Crippen molar-refractivity contribution < 1.29 is 9.90 Å². The summed E-state index contributed by atoms with van der Waals surface area (Å²) >= 11 is 0. The van der Waals surface area contributed by atoms with Crippen molar-refractivity contribution in [2.24, 2.45) is 11.8 Å². The van der Waals surface area contributed by atoms with Gasteiger partial charge in [-0.2, -0.15) is 5.26 Å². The van der Waals surface area contributed by atoms with E-state index in [-0.39, 0.29) is 0 Å². The highest BCUT2D eigenvalue weighted by Gasteiger charge is 2.19. The fourth-order valence-corrected chi connectivity index (χ4v) is 2.06. The lowest BCUT2D eigenvalue weighted by molar-refractivity contribution is -0.141. The maximum Gasteiger partial charge on any atom is 0.308 e. The van der Waals surface area contributed by atoms with Gasteiger partial charge in [0.05, 0.1) is 17.2 Å². The van der Waals surface area contributed by atoms with Crippen molar-refractivity contribution in [3.05, 3.63) is 29.3 Å². The lowest BCUT2D eigenvalue weighted by atomic mass is 9.97. The molecule has 0 heterocycles. The van der Waals surface area contributed by atoms with Gasteiger partial charge in [0.1, 0.15) is 6.07 Å². The van der Waals surface area contributed by atoms with Crippen molar-refractivity contribution >= 4 is 11.7 Å². The molecular weight excluding hydrogens is 240 g/mol. The molecule has 1 aromatic carbocycles. The number of aryl methyl sites for hydroxylation is 1. The molecule has 0 saturated carbocycles. The molecular formula is C15H20N2O2. The van der Waals surface area contributed by atoms with Crippen molar-refractivity contribution in [1.29, 1.82) is 5.26 Å². The van der Waals surface area contributed by atoms with E-state index in [1.165, 1.54) is 0 Å². The van der Waals surface area contributed by atoms with Gasteiger partial charge >= 0.3 is 5.97 Å². The molecule has 1 aromatic rings. The second-order valence-electron chi connectivity index (χ2n) is 5.15. The minimum atomic E-state index is -0.798. The minimum Gasteiger partial charge on any atom is -0.481 e. The average molecular weight is 260 g/mol. The predicted octanol–water partition coefficient (Wildman–Crippen LogP) is 3.03. The molecule has 0 aliphatic rings. The van der Waals surface area contributed by atoms with Gasteiger partial charge in [0, 0.05) is 6.54 Å². The minimum absolute atomic E-state index is 0.329. The van der Waals surface area contributed by atoms with Crippen LogP contribution in [0.1, 0.15) is 31.4 Å². The van der Waals surface area contributed by atoms with Crippen LogP contribution in [0.5, 0.6) is 0 Å². The first-order valence-electron chi connectivity index (χ1n) is 6.42. The number of aliphatic carboxylic acids is 1. The number of anilines is 1. The molecule has 0 aromatic heterocycles. The number of carboxylic acid groups (broad SMARTS) is 1. The highest BCUT2D eigenvalue weighted by atomic mass is 16.4. The van der Waals surface area contributed by atoms with Crippen LogP contribution in [0.25, 0.3) is 0 Å². The molecule has 0 spiro atoms. The third kappa shape index (κ3) is 4.29. The van der Waals surface area contributed by atoms with E-state index in [4.69, 9.17) is 5.26 Å². The van der Waals surface area contributed by atoms with E-state index >= 15 is 0 Å². The molecule has 4 heteroatoms. The Morgan fingerprint density at radius 2 is 2.16 bits per heavy atom. The number of carbonyl (C=O) groups is 1. The molecule has 0 fully saturated rings. The first-order valence-corrected chi connectivity index (χ1v) is 6.42. The van der Waals surface area contributed by atoms with Crippen molar-refractivity contribution in [2.75, 3.05) is 11.9 Å². The smallest absolute Gasteiger partial charge is 0.308 e. The van der Waals surface area contributed by atoms with Gasteiger partial charge < -0.3 is 10.4 Å². The van der Waals surface area contributed by atoms with Crippen LogP contribution in [0.15, 0.2) is 18.2 Å². The summed E-state index contributed by atoms with van der Waals surface area (Å²) in [5.41, 5.74) is 2.24. The van der Waals surface area contributed by atoms with Crippen LogP contribution in [0.4, 0.5) is 5.69 Å². The predicted molar refractivity (Wildman–Crippen MR) is 75.0 cm³/mol. The zero-order chi connectivity index (χ0) is 14.4. The zero-order valence-electron chi connectivity index (χ0n) is 11.6. The average Bonchev–Trinajstić information content (AvgIpc) is 2.34. The topological polar surface area (TPSA) is 73.1 Å². The first kappa shape index (κ1) is 15.0. The van der Waals surface area contributed by atoms with Gasteiger partial charge in [-0.15, -0.1) is 0 Å². The quantitative estimate of drug-likeness (QED) is 0.824. The third-order valence-corrected chi connectivity index (χ3v) is 3.02. The first-order chi connectivity index (χ1) is 8.95. The second kappa shape index (κ2) is 6.79. The van der Waals surface area contributed by atoms with E-state index in [9.17, 15) is 9.90 Å². The molecule has 1 atom stereocenters. The number of nitrogens with one attached hydrogen (secondary N) is 1. The Morgan fingerprint density at radius 3 is 2.68 bits per heavy atom. The lowest BCUT2D eigenvalue weighted by Gasteiger charge is -2.17. The van der Waals surface area contributed by atoms with Crippen LogP contribution in [-0.2, 0) is 4.79 Å². The number of hydrogen-bond donors (Lipinski definition) is 2. The van der Waals surface area contributed by atoms with E-state index < -0.39 is 11.9 Å². The van der Waals surface area contributed by atoms with Gasteiger partial charge in [0.2, 0.25) is 0 Å². The fraction of sp³-hybridized carbons (Fsp3) is 0.467. The number of hydrogen-bond acceptors (Lipinski definition) is 3. The Kier molecular flexibility index (Phi) is 5.37. The molecule has 0 amide bonds. The van der Waals surface area contributed by atoms with Crippen LogP contribution in [0.3, 0.4) is 0 Å². The summed E-state index contributed by atoms with van der Waals surface area (Å²) in [5, 5.41) is 21.4. The highest BCUT2D eigenvalue weighted by molar-refractivity contribution is 5.71. The molecule has 0 aliphatic carbocycles. The molecule has 102 valence electrons. The van der Waals surface area contributed by atoms with Gasteiger partial charge in [-0.05, 0) is 30.9 Å². The lowest BCUT2D eigenvalue weighted by Crippen LogP contribution is -2.25. The van der Waals surface area contributed by atoms with E-state index in [0.29, 0.717) is 24.4 Å². The number of carboxylic acids is 1. The molecule has 19 heavy (non-hydrogen) atoms. The Hall–Kier alpha value is -2.02. The summed E-state index contributed by atoms with van der Waals surface area (Å²) in [6.45, 7) is 6.25. The molecule has 0 bridgehead atoms. The molecule has 1 rings (SSSR count). The van der Waals surface area contributed by atoms with E-state index in [1.807, 2.05) is 32.9 Å². The Bertz CT molecular complexity index is 489. The van der Waals surface area contributed by atoms with Crippen LogP contribution in [0.2, 0.25) is 0 Å². The fourth-order valence-electron chi connectivity index (χ4n) is 2.06. The van der Waals surface area contributed by atoms with Gasteiger partial charge in [-0.25, -0.2) is 0 Å². The van der Waals surface area contributed by atoms with Crippen LogP contribution < -0.4 is 5.32 Å². The van der Waals surface area contributed by atoms with Gasteiger partial charge in [0.25, 0.3) is 0 Å². The summed E-state index contributed by atoms with van der Waals surface area (Å²) < 4.78 is 0. The van der Waals surface area contributed by atoms with Crippen LogP contribution in [-0.4, -0.2) is 17.6 Å². The summed E-state index contributed by atoms with van der Waals surface area (Å²) in [6.07, 6.45) is 0.621. The Morgan fingerprint density at radius 1 is 1.47 bits per heavy atom. The molecule has 0 saturated heterocycles. The molecule has 1 unspecified atom stereocenters. The summed E-state index contributed by atoms with van der Waals surface area (Å²) in [6, 6.07) is 7.58. The number of para-hydroxylation sites is 1. The van der Waals surface area contributed by atoms with E-state index in [2.05, 4.69) is 11.4 Å². The number of rotatable bonds is 6. The van der Waals surface area contributed by atoms with Crippen LogP contribution in [0, 0.1) is 30.1 Å². The van der Waals surface area contributed by atoms with Gasteiger partial charge in [0.15, 0.2) is 0 Å². The molecule has 0 radical (unpaired) electrons. The normalized spacial score (nSPS) is 11.9. The van der Waals surface area contributed by atoms with E-state index in [1.54, 1.807) is 6.07 Å². The highest BCUT2D eigenvalue weighted by Crippen LogP contribution is 2.21. The van der Waals surface area contributed by atoms with E-state index in [0.717, 1.165) is 11.3 Å². The second-order valence-corrected chi connectivity index (χ2v) is 5.15. The SMILES string of the molecule is Cc1cccc(C#N)c1NCC(CC(C)C)C(=O)O. The summed E-state index contributed by atoms with van der Waals surface area (Å²) in [4.78, 5) is 11.2.